The minimum absolute atomic E-state index is 0.0234. The van der Waals surface area contributed by atoms with E-state index in [2.05, 4.69) is 155 Å². The first-order valence-electron chi connectivity index (χ1n) is 45.9. The molecule has 9 aromatic carbocycles. The van der Waals surface area contributed by atoms with Gasteiger partial charge in [-0.15, -0.1) is 0 Å². The summed E-state index contributed by atoms with van der Waals surface area (Å²) in [6.45, 7) is 21.8. The van der Waals surface area contributed by atoms with Gasteiger partial charge in [0.1, 0.15) is 0 Å². The van der Waals surface area contributed by atoms with Crippen molar-refractivity contribution in [3.8, 4) is 0 Å². The summed E-state index contributed by atoms with van der Waals surface area (Å²) in [5.74, 6) is 1.20. The molecule has 6 heterocycles. The van der Waals surface area contributed by atoms with Crippen LogP contribution < -0.4 is 31.9 Å². The molecule has 6 amide bonds. The van der Waals surface area contributed by atoms with Crippen molar-refractivity contribution in [3.05, 3.63) is 249 Å². The second kappa shape index (κ2) is 47.0. The number of nitrogens with zero attached hydrogens (tertiary/aromatic N) is 6. The van der Waals surface area contributed by atoms with Crippen LogP contribution in [0.15, 0.2) is 200 Å². The van der Waals surface area contributed by atoms with Gasteiger partial charge in [-0.05, 0) is 257 Å². The lowest BCUT2D eigenvalue weighted by atomic mass is 9.95. The SMILES string of the molecule is CC[C@@H](CN1CC[C@@H](CNC(=O)c2ccc3cc(Cl)ccc3c2)N[C@H](CCN2CCCCC2)C1=O)c1ccccc1.CC[C@@H](CN1CC[C@H](CNC(=O)c2ccc3cc(Cl)ccc3c2)N[C@@H](CCN2CCCCC2)C1=O)c1ccccc1.CC[C@H](CN1CC[C@H](CNC(=O)c2ccc3cc(Cl)ccc3c2)N[C@H](CCN2CCCCC2)C1=O)c1ccccc1. The van der Waals surface area contributed by atoms with E-state index in [0.717, 1.165) is 169 Å². The topological polar surface area (TPSA) is 194 Å². The summed E-state index contributed by atoms with van der Waals surface area (Å²) in [4.78, 5) is 94.8. The van der Waals surface area contributed by atoms with Gasteiger partial charge in [0.05, 0.1) is 18.1 Å². The fourth-order valence-electron chi connectivity index (χ4n) is 18.8. The summed E-state index contributed by atoms with van der Waals surface area (Å²) in [7, 11) is 0. The summed E-state index contributed by atoms with van der Waals surface area (Å²) >= 11 is 18.4. The maximum Gasteiger partial charge on any atom is 0.251 e. The molecule has 6 aliphatic rings. The largest absolute Gasteiger partial charge is 0.350 e. The predicted octanol–water partition coefficient (Wildman–Crippen LogP) is 17.6. The van der Waals surface area contributed by atoms with Crippen molar-refractivity contribution in [2.45, 2.75) is 190 Å². The Hall–Kier alpha value is -8.79. The van der Waals surface area contributed by atoms with Gasteiger partial charge in [0.2, 0.25) is 17.7 Å². The number of amides is 6. The molecule has 0 bridgehead atoms. The van der Waals surface area contributed by atoms with Gasteiger partial charge in [-0.25, -0.2) is 0 Å². The molecule has 0 radical (unpaired) electrons. The third kappa shape index (κ3) is 26.9. The highest BCUT2D eigenvalue weighted by Gasteiger charge is 2.37. The predicted molar refractivity (Wildman–Crippen MR) is 503 cm³/mol. The minimum atomic E-state index is -0.250. The van der Waals surface area contributed by atoms with E-state index in [-0.39, 0.29) is 71.7 Å². The molecule has 6 saturated heterocycles. The maximum absolute atomic E-state index is 13.9. The van der Waals surface area contributed by atoms with E-state index in [0.29, 0.717) is 88.8 Å². The van der Waals surface area contributed by atoms with E-state index in [4.69, 9.17) is 34.8 Å². The van der Waals surface area contributed by atoms with Crippen LogP contribution in [0.25, 0.3) is 32.3 Å². The molecule has 0 unspecified atom stereocenters. The van der Waals surface area contributed by atoms with Gasteiger partial charge in [0, 0.05) is 146 Å². The van der Waals surface area contributed by atoms with Crippen molar-refractivity contribution in [1.82, 2.24) is 61.3 Å². The summed E-state index contributed by atoms with van der Waals surface area (Å²) in [6, 6.07) is 65.0. The van der Waals surface area contributed by atoms with Crippen molar-refractivity contribution < 1.29 is 28.8 Å². The molecule has 0 saturated carbocycles. The second-order valence-electron chi connectivity index (χ2n) is 34.8. The lowest BCUT2D eigenvalue weighted by Gasteiger charge is -2.31. The van der Waals surface area contributed by atoms with Gasteiger partial charge in [0.15, 0.2) is 0 Å². The number of fused-ring (bicyclic) bond motifs is 3. The van der Waals surface area contributed by atoms with E-state index in [1.807, 2.05) is 127 Å². The Morgan fingerprint density at radius 2 is 0.585 bits per heavy atom. The molecule has 123 heavy (non-hydrogen) atoms. The zero-order chi connectivity index (χ0) is 85.8. The molecule has 9 atom stereocenters. The Morgan fingerprint density at radius 3 is 0.846 bits per heavy atom. The first-order valence-corrected chi connectivity index (χ1v) is 47.0. The third-order valence-corrected chi connectivity index (χ3v) is 27.0. The number of carbonyl (C=O) groups is 6. The molecule has 0 aromatic heterocycles. The van der Waals surface area contributed by atoms with Gasteiger partial charge < -0.3 is 61.3 Å². The average Bonchev–Trinajstić information content (AvgIpc) is 1.05. The lowest BCUT2D eigenvalue weighted by molar-refractivity contribution is -0.134. The highest BCUT2D eigenvalue weighted by Crippen LogP contribution is 2.30. The number of piperidine rings is 3. The molecule has 6 aliphatic heterocycles. The number of carbonyl (C=O) groups excluding carboxylic acids is 6. The molecule has 0 aliphatic carbocycles. The lowest BCUT2D eigenvalue weighted by Crippen LogP contribution is -2.50. The van der Waals surface area contributed by atoms with Crippen molar-refractivity contribution in [1.29, 1.82) is 0 Å². The van der Waals surface area contributed by atoms with E-state index in [9.17, 15) is 28.8 Å². The first-order chi connectivity index (χ1) is 60.0. The highest BCUT2D eigenvalue weighted by atomic mass is 35.5. The highest BCUT2D eigenvalue weighted by molar-refractivity contribution is 6.32. The van der Waals surface area contributed by atoms with Crippen molar-refractivity contribution in [3.63, 3.8) is 0 Å². The summed E-state index contributed by atoms with van der Waals surface area (Å²) in [5, 5.41) is 28.4. The second-order valence-corrected chi connectivity index (χ2v) is 36.1. The molecular formula is C102H129Cl3N12O6. The quantitative estimate of drug-likeness (QED) is 0.0250. The normalized spacial score (nSPS) is 21.0. The van der Waals surface area contributed by atoms with Gasteiger partial charge in [-0.3, -0.25) is 28.8 Å². The van der Waals surface area contributed by atoms with Gasteiger partial charge in [0.25, 0.3) is 17.7 Å². The smallest absolute Gasteiger partial charge is 0.251 e. The van der Waals surface area contributed by atoms with Gasteiger partial charge >= 0.3 is 0 Å². The number of rotatable bonds is 30. The molecule has 6 fully saturated rings. The van der Waals surface area contributed by atoms with Crippen molar-refractivity contribution in [2.75, 3.05) is 118 Å². The Morgan fingerprint density at radius 1 is 0.333 bits per heavy atom. The van der Waals surface area contributed by atoms with E-state index in [1.54, 1.807) is 0 Å². The Kier molecular flexibility index (Phi) is 35.1. The zero-order valence-electron chi connectivity index (χ0n) is 72.5. The third-order valence-electron chi connectivity index (χ3n) is 26.3. The monoisotopic (exact) mass is 1720 g/mol. The van der Waals surface area contributed by atoms with Crippen LogP contribution in [0.5, 0.6) is 0 Å². The van der Waals surface area contributed by atoms with Crippen LogP contribution in [-0.2, 0) is 14.4 Å². The van der Waals surface area contributed by atoms with Crippen LogP contribution in [0, 0.1) is 0 Å². The fraction of sp³-hybridized carbons (Fsp3) is 0.471. The number of likely N-dealkylation sites (tertiary alicyclic amines) is 3. The van der Waals surface area contributed by atoms with E-state index in [1.165, 1.54) is 74.5 Å². The summed E-state index contributed by atoms with van der Waals surface area (Å²) in [6.07, 6.45) is 19.1. The van der Waals surface area contributed by atoms with Crippen molar-refractivity contribution in [2.24, 2.45) is 0 Å². The maximum atomic E-state index is 13.9. The van der Waals surface area contributed by atoms with Crippen LogP contribution in [0.1, 0.15) is 202 Å². The molecule has 18 nitrogen and oxygen atoms in total. The Balaban J connectivity index is 0.000000159. The van der Waals surface area contributed by atoms with Crippen LogP contribution in [-0.4, -0.2) is 219 Å². The standard InChI is InChI=1S/3C34H43ClN4O2/c3*1-2-25(26-9-5-3-6-10-26)24-39-20-15-31(37-32(34(39)41)16-19-38-17-7-4-8-18-38)23-36-33(40)29-12-11-28-22-30(35)14-13-27(28)21-29/h3*3,5-6,9-14,21-22,25,31-32,37H,2,4,7-8,15-20,23-24H2,1H3,(H,36,40)/t25-,31+,32-;25-,31-,32+;25-,31-,32-/m001/s1. The molecule has 21 heteroatoms. The number of hydrogen-bond acceptors (Lipinski definition) is 12. The summed E-state index contributed by atoms with van der Waals surface area (Å²) < 4.78 is 0. The molecule has 654 valence electrons. The fourth-order valence-corrected chi connectivity index (χ4v) is 19.3. The van der Waals surface area contributed by atoms with Gasteiger partial charge in [-0.2, -0.15) is 0 Å². The zero-order valence-corrected chi connectivity index (χ0v) is 74.7. The minimum Gasteiger partial charge on any atom is -0.350 e. The number of hydrogen-bond donors (Lipinski definition) is 6. The van der Waals surface area contributed by atoms with Crippen LogP contribution in [0.3, 0.4) is 0 Å². The summed E-state index contributed by atoms with van der Waals surface area (Å²) in [5.41, 5.74) is 5.73. The van der Waals surface area contributed by atoms with E-state index >= 15 is 0 Å². The van der Waals surface area contributed by atoms with Crippen molar-refractivity contribution >= 4 is 103 Å². The number of nitrogens with one attached hydrogen (secondary N) is 6. The number of halogens is 3. The molecular weight excluding hydrogens is 1600 g/mol. The average molecular weight is 1730 g/mol. The van der Waals surface area contributed by atoms with Crippen LogP contribution in [0.2, 0.25) is 15.1 Å². The number of benzene rings is 9. The van der Waals surface area contributed by atoms with E-state index < -0.39 is 0 Å². The van der Waals surface area contributed by atoms with Crippen LogP contribution in [0.4, 0.5) is 0 Å². The van der Waals surface area contributed by atoms with Gasteiger partial charge in [-0.1, -0.05) is 202 Å². The molecule has 15 rings (SSSR count). The van der Waals surface area contributed by atoms with Crippen LogP contribution >= 0.6 is 34.8 Å². The first kappa shape index (κ1) is 91.9. The molecule has 0 spiro atoms. The molecule has 6 N–H and O–H groups in total. The Bertz CT molecular complexity index is 4410. The molecule has 9 aromatic rings. The Labute approximate surface area is 744 Å².